The summed E-state index contributed by atoms with van der Waals surface area (Å²) in [6.45, 7) is 6.26. The molecule has 0 amide bonds. The third-order valence-corrected chi connectivity index (χ3v) is 4.44. The molecule has 0 spiro atoms. The summed E-state index contributed by atoms with van der Waals surface area (Å²) in [5, 5.41) is 0. The molecule has 0 bridgehead atoms. The van der Waals surface area contributed by atoms with E-state index in [9.17, 15) is 0 Å². The molecule has 0 unspecified atom stereocenters. The Morgan fingerprint density at radius 1 is 1.08 bits per heavy atom. The van der Waals surface area contributed by atoms with Crippen LogP contribution in [-0.2, 0) is 6.42 Å². The fraction of sp³-hybridized carbons (Fsp3) is 0.250. The standard InChI is InChI=1S/C20H22N2O2/c1-6-14-9-20(24-5)16(10-19(14)23-4)18-12-22(3)13(2)17-11-21-8-7-15(17)18/h7-12H,2,6H2,1,3-5H3. The third-order valence-electron chi connectivity index (χ3n) is 4.44. The number of methoxy groups -OCH3 is 2. The van der Waals surface area contributed by atoms with E-state index in [-0.39, 0.29) is 0 Å². The fourth-order valence-electron chi connectivity index (χ4n) is 3.05. The van der Waals surface area contributed by atoms with E-state index in [1.54, 1.807) is 20.4 Å². The number of aryl methyl sites for hydroxylation is 1. The van der Waals surface area contributed by atoms with E-state index in [0.717, 1.165) is 51.4 Å². The molecule has 0 saturated carbocycles. The lowest BCUT2D eigenvalue weighted by Gasteiger charge is -2.28. The second-order valence-electron chi connectivity index (χ2n) is 5.74. The lowest BCUT2D eigenvalue weighted by atomic mass is 9.90. The second-order valence-corrected chi connectivity index (χ2v) is 5.74. The third kappa shape index (κ3) is 2.54. The van der Waals surface area contributed by atoms with E-state index in [2.05, 4.69) is 36.8 Å². The quantitative estimate of drug-likeness (QED) is 0.853. The Kier molecular flexibility index (Phi) is 4.30. The van der Waals surface area contributed by atoms with Crippen LogP contribution >= 0.6 is 0 Å². The van der Waals surface area contributed by atoms with Gasteiger partial charge in [-0.3, -0.25) is 4.98 Å². The molecule has 4 heteroatoms. The van der Waals surface area contributed by atoms with Crippen molar-refractivity contribution < 1.29 is 9.47 Å². The minimum absolute atomic E-state index is 0.836. The summed E-state index contributed by atoms with van der Waals surface area (Å²) >= 11 is 0. The smallest absolute Gasteiger partial charge is 0.127 e. The van der Waals surface area contributed by atoms with Crippen molar-refractivity contribution in [3.05, 3.63) is 65.6 Å². The molecule has 0 aliphatic carbocycles. The average molecular weight is 322 g/mol. The predicted octanol–water partition coefficient (Wildman–Crippen LogP) is 3.97. The molecule has 124 valence electrons. The van der Waals surface area contributed by atoms with Crippen LogP contribution in [-0.4, -0.2) is 31.2 Å². The molecule has 0 fully saturated rings. The van der Waals surface area contributed by atoms with Gasteiger partial charge in [-0.2, -0.15) is 0 Å². The Balaban J connectivity index is 2.25. The van der Waals surface area contributed by atoms with E-state index in [4.69, 9.17) is 9.47 Å². The molecule has 2 heterocycles. The van der Waals surface area contributed by atoms with Gasteiger partial charge in [0.25, 0.3) is 0 Å². The van der Waals surface area contributed by atoms with Crippen molar-refractivity contribution in [2.24, 2.45) is 0 Å². The molecule has 3 rings (SSSR count). The maximum Gasteiger partial charge on any atom is 0.127 e. The lowest BCUT2D eigenvalue weighted by molar-refractivity contribution is 0.398. The molecule has 1 aliphatic heterocycles. The van der Waals surface area contributed by atoms with Crippen molar-refractivity contribution in [3.63, 3.8) is 0 Å². The molecule has 1 aromatic carbocycles. The molecule has 24 heavy (non-hydrogen) atoms. The number of benzene rings is 1. The first-order valence-corrected chi connectivity index (χ1v) is 7.94. The monoisotopic (exact) mass is 322 g/mol. The van der Waals surface area contributed by atoms with Crippen LogP contribution in [0.5, 0.6) is 11.5 Å². The summed E-state index contributed by atoms with van der Waals surface area (Å²) in [5.74, 6) is 1.71. The van der Waals surface area contributed by atoms with Crippen molar-refractivity contribution in [1.29, 1.82) is 0 Å². The highest BCUT2D eigenvalue weighted by molar-refractivity contribution is 5.91. The van der Waals surface area contributed by atoms with Gasteiger partial charge in [0.1, 0.15) is 11.5 Å². The number of nitrogens with zero attached hydrogens (tertiary/aromatic N) is 2. The van der Waals surface area contributed by atoms with Gasteiger partial charge < -0.3 is 14.4 Å². The fourth-order valence-corrected chi connectivity index (χ4v) is 3.05. The van der Waals surface area contributed by atoms with Gasteiger partial charge in [0.2, 0.25) is 0 Å². The van der Waals surface area contributed by atoms with Crippen LogP contribution in [0.3, 0.4) is 0 Å². The predicted molar refractivity (Wildman–Crippen MR) is 97.0 cm³/mol. The van der Waals surface area contributed by atoms with E-state index in [0.29, 0.717) is 0 Å². The molecular weight excluding hydrogens is 300 g/mol. The molecule has 4 nitrogen and oxygen atoms in total. The van der Waals surface area contributed by atoms with Gasteiger partial charge in [0.15, 0.2) is 0 Å². The first-order chi connectivity index (χ1) is 11.6. The summed E-state index contributed by atoms with van der Waals surface area (Å²) in [5.41, 5.74) is 6.24. The van der Waals surface area contributed by atoms with Crippen LogP contribution in [0.25, 0.3) is 11.3 Å². The van der Waals surface area contributed by atoms with Gasteiger partial charge >= 0.3 is 0 Å². The number of fused-ring (bicyclic) bond motifs is 1. The maximum atomic E-state index is 5.66. The number of hydrogen-bond acceptors (Lipinski definition) is 4. The van der Waals surface area contributed by atoms with Gasteiger partial charge in [-0.25, -0.2) is 0 Å². The minimum Gasteiger partial charge on any atom is -0.496 e. The summed E-state index contributed by atoms with van der Waals surface area (Å²) in [6.07, 6.45) is 6.62. The van der Waals surface area contributed by atoms with Crippen LogP contribution in [0, 0.1) is 0 Å². The van der Waals surface area contributed by atoms with E-state index in [1.807, 2.05) is 24.2 Å². The molecule has 1 aromatic heterocycles. The first kappa shape index (κ1) is 16.1. The van der Waals surface area contributed by atoms with Gasteiger partial charge in [0, 0.05) is 48.0 Å². The zero-order chi connectivity index (χ0) is 17.3. The normalized spacial score (nSPS) is 13.4. The summed E-state index contributed by atoms with van der Waals surface area (Å²) in [6, 6.07) is 6.12. The van der Waals surface area contributed by atoms with Crippen molar-refractivity contribution in [3.8, 4) is 11.5 Å². The SMILES string of the molecule is C=C1c2cnccc2C(c2cc(OC)c(CC)cc2OC)=CN1C. The van der Waals surface area contributed by atoms with Crippen molar-refractivity contribution in [1.82, 2.24) is 9.88 Å². The number of hydrogen-bond donors (Lipinski definition) is 0. The van der Waals surface area contributed by atoms with Crippen LogP contribution in [0.4, 0.5) is 0 Å². The van der Waals surface area contributed by atoms with Crippen LogP contribution in [0.15, 0.2) is 43.4 Å². The number of aromatic nitrogens is 1. The Morgan fingerprint density at radius 2 is 1.83 bits per heavy atom. The minimum atomic E-state index is 0.836. The van der Waals surface area contributed by atoms with Gasteiger partial charge in [-0.1, -0.05) is 13.5 Å². The highest BCUT2D eigenvalue weighted by atomic mass is 16.5. The summed E-state index contributed by atoms with van der Waals surface area (Å²) in [7, 11) is 5.39. The Bertz CT molecular complexity index is 824. The molecule has 0 atom stereocenters. The Labute approximate surface area is 143 Å². The number of rotatable bonds is 4. The maximum absolute atomic E-state index is 5.66. The topological polar surface area (TPSA) is 34.6 Å². The van der Waals surface area contributed by atoms with Gasteiger partial charge in [-0.15, -0.1) is 0 Å². The van der Waals surface area contributed by atoms with Gasteiger partial charge in [0.05, 0.1) is 14.2 Å². The zero-order valence-corrected chi connectivity index (χ0v) is 14.6. The Hall–Kier alpha value is -2.75. The van der Waals surface area contributed by atoms with E-state index < -0.39 is 0 Å². The summed E-state index contributed by atoms with van der Waals surface area (Å²) in [4.78, 5) is 6.26. The zero-order valence-electron chi connectivity index (χ0n) is 14.6. The van der Waals surface area contributed by atoms with Crippen molar-refractivity contribution in [2.45, 2.75) is 13.3 Å². The molecule has 2 aromatic rings. The number of pyridine rings is 1. The van der Waals surface area contributed by atoms with E-state index in [1.165, 1.54) is 0 Å². The average Bonchev–Trinajstić information content (AvgIpc) is 2.63. The lowest BCUT2D eigenvalue weighted by Crippen LogP contribution is -2.16. The highest BCUT2D eigenvalue weighted by Gasteiger charge is 2.23. The van der Waals surface area contributed by atoms with Gasteiger partial charge in [-0.05, 0) is 35.7 Å². The molecule has 0 N–H and O–H groups in total. The van der Waals surface area contributed by atoms with Crippen LogP contribution in [0.1, 0.15) is 29.2 Å². The van der Waals surface area contributed by atoms with Crippen molar-refractivity contribution in [2.75, 3.05) is 21.3 Å². The number of ether oxygens (including phenoxy) is 2. The van der Waals surface area contributed by atoms with Crippen LogP contribution < -0.4 is 9.47 Å². The second kappa shape index (κ2) is 6.40. The van der Waals surface area contributed by atoms with E-state index >= 15 is 0 Å². The van der Waals surface area contributed by atoms with Crippen LogP contribution in [0.2, 0.25) is 0 Å². The van der Waals surface area contributed by atoms with Crippen molar-refractivity contribution >= 4 is 11.3 Å². The first-order valence-electron chi connectivity index (χ1n) is 7.94. The molecular formula is C20H22N2O2. The largest absolute Gasteiger partial charge is 0.496 e. The highest BCUT2D eigenvalue weighted by Crippen LogP contribution is 2.41. The summed E-state index contributed by atoms with van der Waals surface area (Å²) < 4.78 is 11.2. The molecule has 0 saturated heterocycles. The molecule has 1 aliphatic rings. The molecule has 0 radical (unpaired) electrons. The Morgan fingerprint density at radius 3 is 2.50 bits per heavy atom.